The Morgan fingerprint density at radius 3 is 2.08 bits per heavy atom. The van der Waals surface area contributed by atoms with Crippen LogP contribution in [0.4, 0.5) is 0 Å². The van der Waals surface area contributed by atoms with Crippen LogP contribution >= 0.6 is 0 Å². The van der Waals surface area contributed by atoms with E-state index in [-0.39, 0.29) is 0 Å². The van der Waals surface area contributed by atoms with Gasteiger partial charge in [0.2, 0.25) is 0 Å². The predicted octanol–water partition coefficient (Wildman–Crippen LogP) is 4.73. The van der Waals surface area contributed by atoms with Gasteiger partial charge in [-0.25, -0.2) is 0 Å². The third kappa shape index (κ3) is 5.38. The average molecular weight is 357 g/mol. The molecular formula is C21H28O3Si. The molecule has 0 fully saturated rings. The molecular weight excluding hydrogens is 328 g/mol. The minimum Gasteiger partial charge on any atom is -0.377 e. The largest absolute Gasteiger partial charge is 0.500 e. The van der Waals surface area contributed by atoms with Crippen molar-refractivity contribution in [2.75, 3.05) is 21.3 Å². The van der Waals surface area contributed by atoms with E-state index in [2.05, 4.69) is 49.0 Å². The summed E-state index contributed by atoms with van der Waals surface area (Å²) in [6.07, 6.45) is 4.82. The average Bonchev–Trinajstić information content (AvgIpc) is 2.67. The molecule has 0 saturated carbocycles. The Bertz CT molecular complexity index is 655. The fourth-order valence-corrected chi connectivity index (χ4v) is 4.73. The summed E-state index contributed by atoms with van der Waals surface area (Å²) < 4.78 is 16.4. The minimum absolute atomic E-state index is 0.824. The van der Waals surface area contributed by atoms with Gasteiger partial charge >= 0.3 is 8.80 Å². The molecule has 2 aromatic rings. The Hall–Kier alpha value is -1.72. The molecule has 0 heterocycles. The molecule has 134 valence electrons. The van der Waals surface area contributed by atoms with E-state index >= 15 is 0 Å². The molecule has 2 aromatic carbocycles. The number of benzene rings is 2. The van der Waals surface area contributed by atoms with Gasteiger partial charge in [0.25, 0.3) is 0 Å². The highest BCUT2D eigenvalue weighted by Gasteiger charge is 2.36. The van der Waals surface area contributed by atoms with Crippen molar-refractivity contribution in [3.63, 3.8) is 0 Å². The normalized spacial score (nSPS) is 11.5. The lowest BCUT2D eigenvalue weighted by molar-refractivity contribution is 0.123. The molecule has 3 nitrogen and oxygen atoms in total. The third-order valence-electron chi connectivity index (χ3n) is 4.57. The van der Waals surface area contributed by atoms with Crippen molar-refractivity contribution in [2.24, 2.45) is 0 Å². The van der Waals surface area contributed by atoms with E-state index in [4.69, 9.17) is 13.3 Å². The summed E-state index contributed by atoms with van der Waals surface area (Å²) in [5.41, 5.74) is 5.15. The molecule has 2 rings (SSSR count). The summed E-state index contributed by atoms with van der Waals surface area (Å²) in [4.78, 5) is 0. The molecule has 0 aliphatic carbocycles. The van der Waals surface area contributed by atoms with Gasteiger partial charge in [-0.2, -0.15) is 0 Å². The Morgan fingerprint density at radius 1 is 0.880 bits per heavy atom. The maximum atomic E-state index is 5.47. The lowest BCUT2D eigenvalue weighted by Crippen LogP contribution is -2.42. The molecule has 0 amide bonds. The van der Waals surface area contributed by atoms with Crippen LogP contribution in [0.2, 0.25) is 6.04 Å². The Balaban J connectivity index is 1.93. The van der Waals surface area contributed by atoms with Crippen LogP contribution in [-0.2, 0) is 26.1 Å². The van der Waals surface area contributed by atoms with Crippen LogP contribution in [0.5, 0.6) is 0 Å². The van der Waals surface area contributed by atoms with E-state index in [1.54, 1.807) is 21.3 Å². The number of hydrogen-bond acceptors (Lipinski definition) is 3. The SMILES string of the molecule is C=Cc1ccccc1Cc1ccc(CCC[Si](OC)(OC)OC)cc1. The van der Waals surface area contributed by atoms with E-state index in [1.807, 2.05) is 12.1 Å². The summed E-state index contributed by atoms with van der Waals surface area (Å²) >= 11 is 0. The summed E-state index contributed by atoms with van der Waals surface area (Å²) in [5, 5.41) is 0. The van der Waals surface area contributed by atoms with Gasteiger partial charge in [0, 0.05) is 27.4 Å². The van der Waals surface area contributed by atoms with E-state index < -0.39 is 8.80 Å². The molecule has 0 aliphatic rings. The van der Waals surface area contributed by atoms with Crippen LogP contribution in [0.15, 0.2) is 55.1 Å². The summed E-state index contributed by atoms with van der Waals surface area (Å²) in [7, 11) is 2.53. The molecule has 25 heavy (non-hydrogen) atoms. The monoisotopic (exact) mass is 356 g/mol. The summed E-state index contributed by atoms with van der Waals surface area (Å²) in [6, 6.07) is 18.1. The van der Waals surface area contributed by atoms with Crippen molar-refractivity contribution in [3.8, 4) is 0 Å². The second-order valence-corrected chi connectivity index (χ2v) is 9.14. The van der Waals surface area contributed by atoms with Crippen LogP contribution in [0.3, 0.4) is 0 Å². The Labute approximate surface area is 152 Å². The molecule has 0 atom stereocenters. The summed E-state index contributed by atoms with van der Waals surface area (Å²) in [6.45, 7) is 3.89. The van der Waals surface area contributed by atoms with Crippen LogP contribution in [0, 0.1) is 0 Å². The van der Waals surface area contributed by atoms with Crippen LogP contribution in [0.1, 0.15) is 28.7 Å². The second kappa shape index (κ2) is 9.68. The quantitative estimate of drug-likeness (QED) is 0.576. The topological polar surface area (TPSA) is 27.7 Å². The lowest BCUT2D eigenvalue weighted by atomic mass is 9.98. The zero-order valence-electron chi connectivity index (χ0n) is 15.5. The van der Waals surface area contributed by atoms with Gasteiger partial charge in [-0.3, -0.25) is 0 Å². The van der Waals surface area contributed by atoms with Gasteiger partial charge in [-0.05, 0) is 41.5 Å². The first-order valence-corrected chi connectivity index (χ1v) is 10.5. The molecule has 0 unspecified atom stereocenters. The Kier molecular flexibility index (Phi) is 7.59. The molecule has 0 N–H and O–H groups in total. The standard InChI is InChI=1S/C21H28O3Si/c1-5-20-10-6-7-11-21(20)17-19-14-12-18(13-15-19)9-8-16-25(22-2,23-3)24-4/h5-7,10-15H,1,8-9,16-17H2,2-4H3. The van der Waals surface area contributed by atoms with Crippen LogP contribution in [-0.4, -0.2) is 30.1 Å². The maximum absolute atomic E-state index is 5.47. The van der Waals surface area contributed by atoms with Crippen LogP contribution < -0.4 is 0 Å². The predicted molar refractivity (Wildman–Crippen MR) is 106 cm³/mol. The van der Waals surface area contributed by atoms with Gasteiger partial charge in [0.05, 0.1) is 0 Å². The molecule has 0 radical (unpaired) electrons. The fraction of sp³-hybridized carbons (Fsp3) is 0.333. The number of aryl methyl sites for hydroxylation is 1. The third-order valence-corrected chi connectivity index (χ3v) is 7.41. The van der Waals surface area contributed by atoms with Gasteiger partial charge < -0.3 is 13.3 Å². The van der Waals surface area contributed by atoms with Gasteiger partial charge in [0.15, 0.2) is 0 Å². The minimum atomic E-state index is -2.45. The van der Waals surface area contributed by atoms with E-state index in [1.165, 1.54) is 22.3 Å². The molecule has 0 spiro atoms. The van der Waals surface area contributed by atoms with E-state index in [0.29, 0.717) is 0 Å². The first-order valence-electron chi connectivity index (χ1n) is 8.60. The number of hydrogen-bond donors (Lipinski definition) is 0. The first kappa shape index (κ1) is 19.6. The smallest absolute Gasteiger partial charge is 0.377 e. The van der Waals surface area contributed by atoms with Crippen molar-refractivity contribution in [1.82, 2.24) is 0 Å². The van der Waals surface area contributed by atoms with E-state index in [0.717, 1.165) is 25.3 Å². The Morgan fingerprint density at radius 2 is 1.48 bits per heavy atom. The van der Waals surface area contributed by atoms with Crippen molar-refractivity contribution in [3.05, 3.63) is 77.4 Å². The molecule has 0 aromatic heterocycles. The highest BCUT2D eigenvalue weighted by Crippen LogP contribution is 2.19. The molecule has 0 bridgehead atoms. The van der Waals surface area contributed by atoms with E-state index in [9.17, 15) is 0 Å². The zero-order chi connectivity index (χ0) is 18.1. The van der Waals surface area contributed by atoms with Crippen molar-refractivity contribution in [2.45, 2.75) is 25.3 Å². The zero-order valence-corrected chi connectivity index (χ0v) is 16.5. The van der Waals surface area contributed by atoms with Crippen molar-refractivity contribution in [1.29, 1.82) is 0 Å². The van der Waals surface area contributed by atoms with Gasteiger partial charge in [-0.1, -0.05) is 61.2 Å². The molecule has 0 aliphatic heterocycles. The van der Waals surface area contributed by atoms with Gasteiger partial charge in [-0.15, -0.1) is 0 Å². The van der Waals surface area contributed by atoms with Crippen molar-refractivity contribution < 1.29 is 13.3 Å². The highest BCUT2D eigenvalue weighted by atomic mass is 28.4. The maximum Gasteiger partial charge on any atom is 0.500 e. The second-order valence-electron chi connectivity index (χ2n) is 6.05. The first-order chi connectivity index (χ1) is 12.2. The molecule has 0 saturated heterocycles. The van der Waals surface area contributed by atoms with Gasteiger partial charge in [0.1, 0.15) is 0 Å². The van der Waals surface area contributed by atoms with Crippen LogP contribution in [0.25, 0.3) is 6.08 Å². The molecule has 4 heteroatoms. The summed E-state index contributed by atoms with van der Waals surface area (Å²) in [5.74, 6) is 0. The lowest BCUT2D eigenvalue weighted by Gasteiger charge is -2.24. The van der Waals surface area contributed by atoms with Crippen molar-refractivity contribution >= 4 is 14.9 Å². The number of rotatable bonds is 10. The highest BCUT2D eigenvalue weighted by molar-refractivity contribution is 6.60. The fourth-order valence-electron chi connectivity index (χ4n) is 3.00.